The summed E-state index contributed by atoms with van der Waals surface area (Å²) in [7, 11) is 0. The Morgan fingerprint density at radius 2 is 2.00 bits per heavy atom. The number of ether oxygens (including phenoxy) is 1. The summed E-state index contributed by atoms with van der Waals surface area (Å²) in [6.07, 6.45) is 0.727. The van der Waals surface area contributed by atoms with Gasteiger partial charge in [-0.3, -0.25) is 9.69 Å². The molecular weight excluding hydrogens is 202 g/mol. The first-order valence-corrected chi connectivity index (χ1v) is 5.63. The highest BCUT2D eigenvalue weighted by atomic mass is 16.5. The van der Waals surface area contributed by atoms with Crippen molar-refractivity contribution in [3.8, 4) is 0 Å². The number of rotatable bonds is 5. The summed E-state index contributed by atoms with van der Waals surface area (Å²) in [6.45, 7) is 6.16. The van der Waals surface area contributed by atoms with Crippen LogP contribution in [0.25, 0.3) is 0 Å². The summed E-state index contributed by atoms with van der Waals surface area (Å²) < 4.78 is 5.57. The van der Waals surface area contributed by atoms with E-state index < -0.39 is 0 Å². The van der Waals surface area contributed by atoms with E-state index in [-0.39, 0.29) is 12.1 Å². The fourth-order valence-electron chi connectivity index (χ4n) is 1.60. The maximum Gasteiger partial charge on any atom is 0.225 e. The highest BCUT2D eigenvalue weighted by molar-refractivity contribution is 5.91. The Kier molecular flexibility index (Phi) is 4.99. The van der Waals surface area contributed by atoms with E-state index in [1.54, 1.807) is 11.8 Å². The van der Waals surface area contributed by atoms with Crippen LogP contribution in [0.4, 0.5) is 5.69 Å². The van der Waals surface area contributed by atoms with Gasteiger partial charge in [-0.25, -0.2) is 0 Å². The van der Waals surface area contributed by atoms with E-state index in [0.29, 0.717) is 6.61 Å². The second kappa shape index (κ2) is 6.28. The minimum atomic E-state index is -0.222. The van der Waals surface area contributed by atoms with E-state index in [4.69, 9.17) is 4.74 Å². The quantitative estimate of drug-likeness (QED) is 0.715. The molecule has 0 aliphatic heterocycles. The van der Waals surface area contributed by atoms with E-state index in [0.717, 1.165) is 12.1 Å². The first kappa shape index (κ1) is 12.7. The molecule has 0 saturated heterocycles. The number of carbonyl (C=O) groups is 1. The van der Waals surface area contributed by atoms with Crippen LogP contribution in [0.1, 0.15) is 27.2 Å². The fraction of sp³-hybridized carbons (Fsp3) is 0.462. The second-order valence-electron chi connectivity index (χ2n) is 3.69. The van der Waals surface area contributed by atoms with Crippen LogP contribution >= 0.6 is 0 Å². The van der Waals surface area contributed by atoms with Crippen LogP contribution in [0, 0.1) is 0 Å². The summed E-state index contributed by atoms with van der Waals surface area (Å²) in [4.78, 5) is 13.3. The molecule has 1 aromatic rings. The highest BCUT2D eigenvalue weighted by Gasteiger charge is 2.18. The van der Waals surface area contributed by atoms with Gasteiger partial charge in [0, 0.05) is 19.2 Å². The van der Waals surface area contributed by atoms with Crippen molar-refractivity contribution < 1.29 is 9.53 Å². The first-order valence-electron chi connectivity index (χ1n) is 5.63. The number of hydrogen-bond acceptors (Lipinski definition) is 2. The SMILES string of the molecule is CCCOC(C)N(C(C)=O)c1ccccc1. The zero-order valence-corrected chi connectivity index (χ0v) is 10.1. The number of amides is 1. The molecule has 0 radical (unpaired) electrons. The third-order valence-corrected chi connectivity index (χ3v) is 2.30. The molecule has 0 aliphatic rings. The van der Waals surface area contributed by atoms with E-state index in [2.05, 4.69) is 0 Å². The van der Waals surface area contributed by atoms with E-state index >= 15 is 0 Å². The van der Waals surface area contributed by atoms with Crippen molar-refractivity contribution in [1.82, 2.24) is 0 Å². The average Bonchev–Trinajstić information content (AvgIpc) is 2.27. The Labute approximate surface area is 97.0 Å². The summed E-state index contributed by atoms with van der Waals surface area (Å²) in [5, 5.41) is 0. The Morgan fingerprint density at radius 1 is 1.38 bits per heavy atom. The van der Waals surface area contributed by atoms with Crippen LogP contribution in [-0.2, 0) is 9.53 Å². The topological polar surface area (TPSA) is 29.5 Å². The van der Waals surface area contributed by atoms with Crippen molar-refractivity contribution in [2.75, 3.05) is 11.5 Å². The lowest BCUT2D eigenvalue weighted by Gasteiger charge is -2.28. The molecule has 1 unspecified atom stereocenters. The van der Waals surface area contributed by atoms with Gasteiger partial charge in [0.2, 0.25) is 5.91 Å². The summed E-state index contributed by atoms with van der Waals surface area (Å²) in [6, 6.07) is 9.58. The molecule has 1 rings (SSSR count). The van der Waals surface area contributed by atoms with Gasteiger partial charge in [0.1, 0.15) is 6.23 Å². The molecule has 0 aliphatic carbocycles. The number of carbonyl (C=O) groups excluding carboxylic acids is 1. The van der Waals surface area contributed by atoms with Gasteiger partial charge in [0.15, 0.2) is 0 Å². The largest absolute Gasteiger partial charge is 0.358 e. The zero-order valence-electron chi connectivity index (χ0n) is 10.1. The fourth-order valence-corrected chi connectivity index (χ4v) is 1.60. The molecule has 0 bridgehead atoms. The molecule has 3 heteroatoms. The minimum absolute atomic E-state index is 0.00481. The van der Waals surface area contributed by atoms with Gasteiger partial charge in [-0.05, 0) is 25.5 Å². The average molecular weight is 221 g/mol. The maximum atomic E-state index is 11.6. The van der Waals surface area contributed by atoms with Crippen molar-refractivity contribution in [2.24, 2.45) is 0 Å². The highest BCUT2D eigenvalue weighted by Crippen LogP contribution is 2.17. The molecule has 0 saturated carbocycles. The molecule has 0 heterocycles. The lowest BCUT2D eigenvalue weighted by molar-refractivity contribution is -0.119. The van der Waals surface area contributed by atoms with Crippen molar-refractivity contribution in [3.05, 3.63) is 30.3 Å². The molecule has 0 fully saturated rings. The van der Waals surface area contributed by atoms with Gasteiger partial charge >= 0.3 is 0 Å². The van der Waals surface area contributed by atoms with E-state index in [1.165, 1.54) is 0 Å². The molecule has 1 atom stereocenters. The van der Waals surface area contributed by atoms with Crippen LogP contribution in [0.15, 0.2) is 30.3 Å². The van der Waals surface area contributed by atoms with Crippen LogP contribution in [-0.4, -0.2) is 18.7 Å². The van der Waals surface area contributed by atoms with Gasteiger partial charge in [0.25, 0.3) is 0 Å². The maximum absolute atomic E-state index is 11.6. The number of para-hydroxylation sites is 1. The molecule has 1 aromatic carbocycles. The van der Waals surface area contributed by atoms with Crippen LogP contribution in [0.2, 0.25) is 0 Å². The Hall–Kier alpha value is -1.35. The van der Waals surface area contributed by atoms with Crippen molar-refractivity contribution in [1.29, 1.82) is 0 Å². The van der Waals surface area contributed by atoms with Crippen molar-refractivity contribution in [3.63, 3.8) is 0 Å². The molecule has 0 spiro atoms. The molecule has 0 N–H and O–H groups in total. The number of hydrogen-bond donors (Lipinski definition) is 0. The predicted molar refractivity (Wildman–Crippen MR) is 65.3 cm³/mol. The van der Waals surface area contributed by atoms with Gasteiger partial charge in [-0.15, -0.1) is 0 Å². The van der Waals surface area contributed by atoms with Gasteiger partial charge in [-0.2, -0.15) is 0 Å². The summed E-state index contributed by atoms with van der Waals surface area (Å²) >= 11 is 0. The summed E-state index contributed by atoms with van der Waals surface area (Å²) in [5.41, 5.74) is 0.874. The van der Waals surface area contributed by atoms with Crippen molar-refractivity contribution >= 4 is 11.6 Å². The lowest BCUT2D eigenvalue weighted by Crippen LogP contribution is -2.39. The smallest absolute Gasteiger partial charge is 0.225 e. The lowest BCUT2D eigenvalue weighted by atomic mass is 10.3. The third-order valence-electron chi connectivity index (χ3n) is 2.30. The third kappa shape index (κ3) is 3.35. The van der Waals surface area contributed by atoms with Gasteiger partial charge in [0.05, 0.1) is 0 Å². The first-order chi connectivity index (χ1) is 7.66. The zero-order chi connectivity index (χ0) is 12.0. The van der Waals surface area contributed by atoms with Crippen molar-refractivity contribution in [2.45, 2.75) is 33.4 Å². The monoisotopic (exact) mass is 221 g/mol. The molecular formula is C13H19NO2. The number of nitrogens with zero attached hydrogens (tertiary/aromatic N) is 1. The Bertz CT molecular complexity index is 324. The van der Waals surface area contributed by atoms with Gasteiger partial charge < -0.3 is 4.74 Å². The Balaban J connectivity index is 2.79. The van der Waals surface area contributed by atoms with E-state index in [9.17, 15) is 4.79 Å². The Morgan fingerprint density at radius 3 is 2.50 bits per heavy atom. The minimum Gasteiger partial charge on any atom is -0.358 e. The number of benzene rings is 1. The van der Waals surface area contributed by atoms with Crippen LogP contribution in [0.3, 0.4) is 0 Å². The molecule has 3 nitrogen and oxygen atoms in total. The normalized spacial score (nSPS) is 12.2. The number of anilines is 1. The van der Waals surface area contributed by atoms with Crippen LogP contribution in [0.5, 0.6) is 0 Å². The molecule has 0 aromatic heterocycles. The molecule has 88 valence electrons. The molecule has 1 amide bonds. The molecule has 16 heavy (non-hydrogen) atoms. The van der Waals surface area contributed by atoms with E-state index in [1.807, 2.05) is 44.2 Å². The van der Waals surface area contributed by atoms with Gasteiger partial charge in [-0.1, -0.05) is 25.1 Å². The van der Waals surface area contributed by atoms with Crippen LogP contribution < -0.4 is 4.90 Å². The predicted octanol–water partition coefficient (Wildman–Crippen LogP) is 2.81. The second-order valence-corrected chi connectivity index (χ2v) is 3.69. The summed E-state index contributed by atoms with van der Waals surface area (Å²) in [5.74, 6) is -0.00481. The standard InChI is InChI=1S/C13H19NO2/c1-4-10-16-12(3)14(11(2)15)13-8-6-5-7-9-13/h5-9,12H,4,10H2,1-3H3.